The Kier molecular flexibility index (Phi) is 4.78. The van der Waals surface area contributed by atoms with Crippen LogP contribution >= 0.6 is 11.3 Å². The Morgan fingerprint density at radius 2 is 1.87 bits per heavy atom. The summed E-state index contributed by atoms with van der Waals surface area (Å²) in [6.45, 7) is 0.717. The molecular formula is C23H18FN3O3S. The summed E-state index contributed by atoms with van der Waals surface area (Å²) in [6.07, 6.45) is 0. The van der Waals surface area contributed by atoms with E-state index in [9.17, 15) is 18.8 Å². The maximum absolute atomic E-state index is 14.2. The van der Waals surface area contributed by atoms with Crippen molar-refractivity contribution >= 4 is 34.7 Å². The molecule has 3 amide bonds. The average Bonchev–Trinajstić information content (AvgIpc) is 3.30. The van der Waals surface area contributed by atoms with E-state index in [0.29, 0.717) is 33.8 Å². The highest BCUT2D eigenvalue weighted by Crippen LogP contribution is 2.31. The molecule has 2 aromatic carbocycles. The van der Waals surface area contributed by atoms with Crippen LogP contribution in [0.5, 0.6) is 0 Å². The van der Waals surface area contributed by atoms with Crippen LogP contribution in [-0.4, -0.2) is 53.2 Å². The third kappa shape index (κ3) is 3.38. The number of carbonyl (C=O) groups excluding carboxylic acids is 3. The van der Waals surface area contributed by atoms with Crippen LogP contribution in [0.3, 0.4) is 0 Å². The second kappa shape index (κ2) is 7.63. The van der Waals surface area contributed by atoms with Crippen molar-refractivity contribution in [2.75, 3.05) is 25.0 Å². The van der Waals surface area contributed by atoms with Gasteiger partial charge >= 0.3 is 0 Å². The topological polar surface area (TPSA) is 69.7 Å². The standard InChI is InChI=1S/C23H18FN3O3S/c24-17-5-2-1-4-15(17)14-7-8-18-16(12-14)22(29)27-10-9-26(13-19(27)21(28)25-18)23(30)20-6-3-11-31-20/h1-8,11-12,19H,9-10,13H2,(H,25,28)/t19-/m1/s1. The average molecular weight is 435 g/mol. The molecular weight excluding hydrogens is 417 g/mol. The number of hydrogen-bond donors (Lipinski definition) is 1. The minimum Gasteiger partial charge on any atom is -0.334 e. The molecule has 1 saturated heterocycles. The summed E-state index contributed by atoms with van der Waals surface area (Å²) >= 11 is 1.35. The number of nitrogens with zero attached hydrogens (tertiary/aromatic N) is 2. The summed E-state index contributed by atoms with van der Waals surface area (Å²) in [5.41, 5.74) is 1.65. The minimum atomic E-state index is -0.783. The van der Waals surface area contributed by atoms with Gasteiger partial charge in [-0.3, -0.25) is 14.4 Å². The first-order chi connectivity index (χ1) is 15.0. The summed E-state index contributed by atoms with van der Waals surface area (Å²) in [7, 11) is 0. The molecule has 1 aromatic heterocycles. The quantitative estimate of drug-likeness (QED) is 0.670. The van der Waals surface area contributed by atoms with E-state index in [-0.39, 0.29) is 36.6 Å². The van der Waals surface area contributed by atoms with Gasteiger partial charge in [-0.25, -0.2) is 4.39 Å². The van der Waals surface area contributed by atoms with E-state index in [0.717, 1.165) is 0 Å². The molecule has 1 fully saturated rings. The Morgan fingerprint density at radius 3 is 2.65 bits per heavy atom. The lowest BCUT2D eigenvalue weighted by molar-refractivity contribution is -0.121. The molecule has 3 aromatic rings. The predicted molar refractivity (Wildman–Crippen MR) is 116 cm³/mol. The Morgan fingerprint density at radius 1 is 1.03 bits per heavy atom. The van der Waals surface area contributed by atoms with Crippen molar-refractivity contribution in [1.82, 2.24) is 9.80 Å². The van der Waals surface area contributed by atoms with E-state index >= 15 is 0 Å². The van der Waals surface area contributed by atoms with Crippen LogP contribution in [-0.2, 0) is 4.79 Å². The maximum atomic E-state index is 14.2. The van der Waals surface area contributed by atoms with Crippen LogP contribution in [0.2, 0.25) is 0 Å². The first kappa shape index (κ1) is 19.4. The van der Waals surface area contributed by atoms with Crippen molar-refractivity contribution in [2.45, 2.75) is 6.04 Å². The molecule has 0 radical (unpaired) electrons. The van der Waals surface area contributed by atoms with Crippen LogP contribution in [0.1, 0.15) is 20.0 Å². The lowest BCUT2D eigenvalue weighted by Crippen LogP contribution is -2.59. The highest BCUT2D eigenvalue weighted by atomic mass is 32.1. The highest BCUT2D eigenvalue weighted by molar-refractivity contribution is 7.12. The van der Waals surface area contributed by atoms with Gasteiger partial charge in [0.1, 0.15) is 11.9 Å². The monoisotopic (exact) mass is 435 g/mol. The van der Waals surface area contributed by atoms with Gasteiger partial charge in [0, 0.05) is 18.7 Å². The number of fused-ring (bicyclic) bond motifs is 2. The molecule has 0 aliphatic carbocycles. The van der Waals surface area contributed by atoms with E-state index < -0.39 is 6.04 Å². The van der Waals surface area contributed by atoms with E-state index in [1.165, 1.54) is 22.3 Å². The summed E-state index contributed by atoms with van der Waals surface area (Å²) in [4.78, 5) is 42.7. The number of amides is 3. The zero-order valence-electron chi connectivity index (χ0n) is 16.4. The first-order valence-corrected chi connectivity index (χ1v) is 10.7. The second-order valence-corrected chi connectivity index (χ2v) is 8.42. The van der Waals surface area contributed by atoms with Crippen molar-refractivity contribution < 1.29 is 18.8 Å². The van der Waals surface area contributed by atoms with Gasteiger partial charge in [-0.1, -0.05) is 30.3 Å². The number of halogens is 1. The zero-order chi connectivity index (χ0) is 21.5. The van der Waals surface area contributed by atoms with Crippen LogP contribution in [0.4, 0.5) is 10.1 Å². The largest absolute Gasteiger partial charge is 0.334 e. The summed E-state index contributed by atoms with van der Waals surface area (Å²) in [5, 5.41) is 4.64. The van der Waals surface area contributed by atoms with Crippen molar-refractivity contribution in [3.8, 4) is 11.1 Å². The van der Waals surface area contributed by atoms with Gasteiger partial charge < -0.3 is 15.1 Å². The lowest BCUT2D eigenvalue weighted by Gasteiger charge is -2.39. The third-order valence-electron chi connectivity index (χ3n) is 5.66. The van der Waals surface area contributed by atoms with E-state index in [1.54, 1.807) is 53.4 Å². The smallest absolute Gasteiger partial charge is 0.264 e. The number of thiophene rings is 1. The summed E-state index contributed by atoms with van der Waals surface area (Å²) < 4.78 is 14.2. The molecule has 0 bridgehead atoms. The molecule has 3 heterocycles. The van der Waals surface area contributed by atoms with Crippen molar-refractivity contribution in [3.05, 3.63) is 76.2 Å². The summed E-state index contributed by atoms with van der Waals surface area (Å²) in [5.74, 6) is -1.17. The molecule has 8 heteroatoms. The van der Waals surface area contributed by atoms with Crippen LogP contribution < -0.4 is 5.32 Å². The highest BCUT2D eigenvalue weighted by Gasteiger charge is 2.40. The molecule has 6 nitrogen and oxygen atoms in total. The second-order valence-electron chi connectivity index (χ2n) is 7.47. The number of nitrogens with one attached hydrogen (secondary N) is 1. The van der Waals surface area contributed by atoms with Gasteiger partial charge in [-0.15, -0.1) is 11.3 Å². The van der Waals surface area contributed by atoms with Gasteiger partial charge in [0.25, 0.3) is 11.8 Å². The number of hydrogen-bond acceptors (Lipinski definition) is 4. The molecule has 31 heavy (non-hydrogen) atoms. The molecule has 2 aliphatic rings. The maximum Gasteiger partial charge on any atom is 0.264 e. The number of carbonyl (C=O) groups is 3. The van der Waals surface area contributed by atoms with Gasteiger partial charge in [0.05, 0.1) is 22.7 Å². The van der Waals surface area contributed by atoms with Crippen molar-refractivity contribution in [2.24, 2.45) is 0 Å². The van der Waals surface area contributed by atoms with Crippen LogP contribution in [0.15, 0.2) is 60.0 Å². The van der Waals surface area contributed by atoms with Crippen molar-refractivity contribution in [3.63, 3.8) is 0 Å². The van der Waals surface area contributed by atoms with Crippen LogP contribution in [0.25, 0.3) is 11.1 Å². The molecule has 2 aliphatic heterocycles. The first-order valence-electron chi connectivity index (χ1n) is 9.86. The molecule has 156 valence electrons. The number of rotatable bonds is 2. The third-order valence-corrected chi connectivity index (χ3v) is 6.51. The molecule has 0 spiro atoms. The molecule has 0 unspecified atom stereocenters. The Hall–Kier alpha value is -3.52. The zero-order valence-corrected chi connectivity index (χ0v) is 17.2. The van der Waals surface area contributed by atoms with Gasteiger partial charge in [-0.05, 0) is 35.2 Å². The fourth-order valence-corrected chi connectivity index (χ4v) is 4.75. The van der Waals surface area contributed by atoms with Gasteiger partial charge in [0.15, 0.2) is 0 Å². The van der Waals surface area contributed by atoms with Gasteiger partial charge in [0.2, 0.25) is 5.91 Å². The number of anilines is 1. The molecule has 1 atom stereocenters. The van der Waals surface area contributed by atoms with E-state index in [2.05, 4.69) is 5.32 Å². The number of piperazine rings is 1. The van der Waals surface area contributed by atoms with Gasteiger partial charge in [-0.2, -0.15) is 0 Å². The fourth-order valence-electron chi connectivity index (χ4n) is 4.05. The summed E-state index contributed by atoms with van der Waals surface area (Å²) in [6, 6.07) is 14.0. The fraction of sp³-hybridized carbons (Fsp3) is 0.174. The molecule has 0 saturated carbocycles. The molecule has 1 N–H and O–H groups in total. The Labute approximate surface area is 181 Å². The molecule has 5 rings (SSSR count). The lowest BCUT2D eigenvalue weighted by atomic mass is 10.0. The Balaban J connectivity index is 1.46. The minimum absolute atomic E-state index is 0.127. The normalized spacial score (nSPS) is 18.2. The van der Waals surface area contributed by atoms with E-state index in [4.69, 9.17) is 0 Å². The Bertz CT molecular complexity index is 1190. The van der Waals surface area contributed by atoms with Crippen LogP contribution in [0, 0.1) is 5.82 Å². The SMILES string of the molecule is O=C1Nc2ccc(-c3ccccc3F)cc2C(=O)N2CCN(C(=O)c3cccs3)C[C@H]12. The van der Waals surface area contributed by atoms with E-state index in [1.807, 2.05) is 5.38 Å². The predicted octanol–water partition coefficient (Wildman–Crippen LogP) is 3.47. The number of benzene rings is 2. The van der Waals surface area contributed by atoms with Crippen molar-refractivity contribution in [1.29, 1.82) is 0 Å².